The Morgan fingerprint density at radius 1 is 1.29 bits per heavy atom. The molecule has 24 heavy (non-hydrogen) atoms. The van der Waals surface area contributed by atoms with Gasteiger partial charge in [0.25, 0.3) is 0 Å². The van der Waals surface area contributed by atoms with E-state index < -0.39 is 6.04 Å². The van der Waals surface area contributed by atoms with Crippen LogP contribution >= 0.6 is 0 Å². The Bertz CT molecular complexity index is 753. The number of methoxy groups -OCH3 is 1. The lowest BCUT2D eigenvalue weighted by molar-refractivity contribution is -0.154. The number of carbonyl (C=O) groups excluding carboxylic acids is 2. The van der Waals surface area contributed by atoms with Crippen LogP contribution in [0.5, 0.6) is 0 Å². The van der Waals surface area contributed by atoms with Crippen molar-refractivity contribution in [3.8, 4) is 0 Å². The summed E-state index contributed by atoms with van der Waals surface area (Å²) in [7, 11) is 1.38. The highest BCUT2D eigenvalue weighted by molar-refractivity contribution is 5.85. The molecule has 3 rings (SSSR count). The van der Waals surface area contributed by atoms with Crippen molar-refractivity contribution in [3.05, 3.63) is 30.1 Å². The van der Waals surface area contributed by atoms with Gasteiger partial charge in [0, 0.05) is 19.5 Å². The molecule has 1 atom stereocenters. The van der Waals surface area contributed by atoms with Gasteiger partial charge in [-0.15, -0.1) is 0 Å². The summed E-state index contributed by atoms with van der Waals surface area (Å²) < 4.78 is 6.91. The molecular formula is C18H23N3O3. The Morgan fingerprint density at radius 2 is 2.08 bits per heavy atom. The topological polar surface area (TPSA) is 64.4 Å². The molecule has 1 saturated heterocycles. The van der Waals surface area contributed by atoms with E-state index in [0.29, 0.717) is 25.9 Å². The highest BCUT2D eigenvalue weighted by atomic mass is 16.5. The van der Waals surface area contributed by atoms with Crippen LogP contribution in [0.2, 0.25) is 0 Å². The summed E-state index contributed by atoms with van der Waals surface area (Å²) in [4.78, 5) is 30.8. The van der Waals surface area contributed by atoms with E-state index in [-0.39, 0.29) is 11.9 Å². The van der Waals surface area contributed by atoms with Crippen LogP contribution in [0.3, 0.4) is 0 Å². The number of fused-ring (bicyclic) bond motifs is 1. The molecule has 0 aliphatic carbocycles. The quantitative estimate of drug-likeness (QED) is 0.807. The molecule has 1 aromatic carbocycles. The van der Waals surface area contributed by atoms with Crippen LogP contribution in [0, 0.1) is 6.92 Å². The molecule has 0 unspecified atom stereocenters. The third kappa shape index (κ3) is 3.13. The fourth-order valence-electron chi connectivity index (χ4n) is 3.44. The summed E-state index contributed by atoms with van der Waals surface area (Å²) in [5, 5.41) is 0. The van der Waals surface area contributed by atoms with E-state index >= 15 is 0 Å². The number of carbonyl (C=O) groups is 2. The third-order valence-electron chi connectivity index (χ3n) is 4.69. The number of imidazole rings is 1. The molecule has 0 radical (unpaired) electrons. The van der Waals surface area contributed by atoms with Crippen molar-refractivity contribution in [2.45, 2.75) is 45.2 Å². The van der Waals surface area contributed by atoms with Crippen molar-refractivity contribution < 1.29 is 14.3 Å². The van der Waals surface area contributed by atoms with Gasteiger partial charge in [-0.25, -0.2) is 9.78 Å². The zero-order chi connectivity index (χ0) is 17.1. The van der Waals surface area contributed by atoms with Crippen LogP contribution in [0.15, 0.2) is 24.3 Å². The van der Waals surface area contributed by atoms with Gasteiger partial charge in [0.1, 0.15) is 11.9 Å². The Morgan fingerprint density at radius 3 is 2.88 bits per heavy atom. The van der Waals surface area contributed by atoms with Gasteiger partial charge in [-0.05, 0) is 38.3 Å². The SMILES string of the molecule is COC(=O)[C@@H]1CCCCN1C(=O)CCn1c(C)nc2ccccc21. The Balaban J connectivity index is 1.72. The van der Waals surface area contributed by atoms with Crippen LogP contribution in [0.25, 0.3) is 11.0 Å². The predicted molar refractivity (Wildman–Crippen MR) is 90.5 cm³/mol. The minimum atomic E-state index is -0.433. The smallest absolute Gasteiger partial charge is 0.328 e. The number of amides is 1. The van der Waals surface area contributed by atoms with Crippen LogP contribution in [-0.4, -0.2) is 46.0 Å². The summed E-state index contributed by atoms with van der Waals surface area (Å²) in [6.07, 6.45) is 2.93. The lowest BCUT2D eigenvalue weighted by Crippen LogP contribution is -2.48. The first-order chi connectivity index (χ1) is 11.6. The van der Waals surface area contributed by atoms with E-state index in [9.17, 15) is 9.59 Å². The zero-order valence-electron chi connectivity index (χ0n) is 14.2. The number of benzene rings is 1. The number of esters is 1. The van der Waals surface area contributed by atoms with E-state index in [0.717, 1.165) is 29.7 Å². The molecule has 2 heterocycles. The largest absolute Gasteiger partial charge is 0.467 e. The molecule has 128 valence electrons. The first kappa shape index (κ1) is 16.5. The number of aryl methyl sites for hydroxylation is 2. The van der Waals surface area contributed by atoms with Crippen LogP contribution in [0.4, 0.5) is 0 Å². The van der Waals surface area contributed by atoms with Crippen molar-refractivity contribution in [2.24, 2.45) is 0 Å². The average molecular weight is 329 g/mol. The molecule has 0 bridgehead atoms. The Kier molecular flexibility index (Phi) is 4.83. The van der Waals surface area contributed by atoms with Crippen LogP contribution in [-0.2, 0) is 20.9 Å². The van der Waals surface area contributed by atoms with Crippen molar-refractivity contribution in [1.82, 2.24) is 14.5 Å². The summed E-state index contributed by atoms with van der Waals surface area (Å²) in [6.45, 7) is 3.14. The van der Waals surface area contributed by atoms with Gasteiger partial charge in [-0.3, -0.25) is 4.79 Å². The molecule has 1 fully saturated rings. The maximum absolute atomic E-state index is 12.7. The Hall–Kier alpha value is -2.37. The van der Waals surface area contributed by atoms with Gasteiger partial charge in [-0.2, -0.15) is 0 Å². The molecular weight excluding hydrogens is 306 g/mol. The average Bonchev–Trinajstić information content (AvgIpc) is 2.94. The van der Waals surface area contributed by atoms with Crippen molar-refractivity contribution >= 4 is 22.9 Å². The van der Waals surface area contributed by atoms with E-state index in [4.69, 9.17) is 4.74 Å². The molecule has 1 aromatic heterocycles. The number of ether oxygens (including phenoxy) is 1. The number of rotatable bonds is 4. The van der Waals surface area contributed by atoms with Gasteiger partial charge in [0.2, 0.25) is 5.91 Å². The number of hydrogen-bond donors (Lipinski definition) is 0. The zero-order valence-corrected chi connectivity index (χ0v) is 14.2. The molecule has 0 spiro atoms. The molecule has 1 amide bonds. The van der Waals surface area contributed by atoms with Crippen molar-refractivity contribution in [2.75, 3.05) is 13.7 Å². The molecule has 1 aliphatic rings. The van der Waals surface area contributed by atoms with Crippen LogP contribution < -0.4 is 0 Å². The second-order valence-corrected chi connectivity index (χ2v) is 6.17. The molecule has 0 N–H and O–H groups in total. The lowest BCUT2D eigenvalue weighted by atomic mass is 10.0. The van der Waals surface area contributed by atoms with Gasteiger partial charge in [0.15, 0.2) is 0 Å². The maximum atomic E-state index is 12.7. The van der Waals surface area contributed by atoms with Gasteiger partial charge < -0.3 is 14.2 Å². The lowest BCUT2D eigenvalue weighted by Gasteiger charge is -2.33. The number of aromatic nitrogens is 2. The monoisotopic (exact) mass is 329 g/mol. The summed E-state index contributed by atoms with van der Waals surface area (Å²) in [5.41, 5.74) is 1.97. The summed E-state index contributed by atoms with van der Waals surface area (Å²) in [5.74, 6) is 0.585. The fourth-order valence-corrected chi connectivity index (χ4v) is 3.44. The highest BCUT2D eigenvalue weighted by Gasteiger charge is 2.32. The third-order valence-corrected chi connectivity index (χ3v) is 4.69. The summed E-state index contributed by atoms with van der Waals surface area (Å²) >= 11 is 0. The number of nitrogens with zero attached hydrogens (tertiary/aromatic N) is 3. The van der Waals surface area contributed by atoms with Gasteiger partial charge in [-0.1, -0.05) is 12.1 Å². The van der Waals surface area contributed by atoms with Gasteiger partial charge >= 0.3 is 5.97 Å². The molecule has 6 heteroatoms. The van der Waals surface area contributed by atoms with E-state index in [1.807, 2.05) is 31.2 Å². The minimum absolute atomic E-state index is 0.00211. The van der Waals surface area contributed by atoms with Gasteiger partial charge in [0.05, 0.1) is 18.1 Å². The number of piperidine rings is 1. The standard InChI is InChI=1S/C18H23N3O3/c1-13-19-14-7-3-4-8-15(14)20(13)12-10-17(22)21-11-6-5-9-16(21)18(23)24-2/h3-4,7-8,16H,5-6,9-12H2,1-2H3/t16-/m0/s1. The molecule has 6 nitrogen and oxygen atoms in total. The number of para-hydroxylation sites is 2. The molecule has 0 saturated carbocycles. The van der Waals surface area contributed by atoms with Crippen LogP contribution in [0.1, 0.15) is 31.5 Å². The van der Waals surface area contributed by atoms with E-state index in [2.05, 4.69) is 9.55 Å². The second-order valence-electron chi connectivity index (χ2n) is 6.17. The molecule has 2 aromatic rings. The fraction of sp³-hybridized carbons (Fsp3) is 0.500. The second kappa shape index (κ2) is 7.03. The maximum Gasteiger partial charge on any atom is 0.328 e. The number of hydrogen-bond acceptors (Lipinski definition) is 4. The first-order valence-electron chi connectivity index (χ1n) is 8.41. The normalized spacial score (nSPS) is 17.9. The highest BCUT2D eigenvalue weighted by Crippen LogP contribution is 2.20. The van der Waals surface area contributed by atoms with E-state index in [1.54, 1.807) is 4.90 Å². The predicted octanol–water partition coefficient (Wildman–Crippen LogP) is 2.29. The van der Waals surface area contributed by atoms with Crippen molar-refractivity contribution in [3.63, 3.8) is 0 Å². The first-order valence-corrected chi connectivity index (χ1v) is 8.41. The van der Waals surface area contributed by atoms with E-state index in [1.165, 1.54) is 7.11 Å². The minimum Gasteiger partial charge on any atom is -0.467 e. The molecule has 1 aliphatic heterocycles. The van der Waals surface area contributed by atoms with Crippen molar-refractivity contribution in [1.29, 1.82) is 0 Å². The number of likely N-dealkylation sites (tertiary alicyclic amines) is 1. The Labute approximate surface area is 141 Å². The summed E-state index contributed by atoms with van der Waals surface area (Å²) in [6, 6.07) is 7.48.